The Bertz CT molecular complexity index is 645. The fourth-order valence-electron chi connectivity index (χ4n) is 2.37. The molecule has 0 aliphatic carbocycles. The molecular weight excluding hydrogens is 288 g/mol. The second-order valence-electron chi connectivity index (χ2n) is 5.01. The minimum atomic E-state index is -0.0788. The molecule has 0 unspecified atom stereocenters. The topological polar surface area (TPSA) is 84.0 Å². The first-order chi connectivity index (χ1) is 10.2. The van der Waals surface area contributed by atoms with E-state index in [1.165, 1.54) is 11.3 Å². The summed E-state index contributed by atoms with van der Waals surface area (Å²) in [6, 6.07) is 5.98. The molecule has 0 saturated carbocycles. The SMILES string of the molecule is Cc1noc([C@@H]2CC[C@H](CNCc3ccc(C#N)s3)O2)n1. The van der Waals surface area contributed by atoms with Crippen LogP contribution in [0.25, 0.3) is 0 Å². The number of aryl methyl sites for hydroxylation is 1. The monoisotopic (exact) mass is 304 g/mol. The largest absolute Gasteiger partial charge is 0.364 e. The standard InChI is InChI=1S/C14H16N4O2S/c1-9-17-14(20-18-9)13-5-2-10(19-13)7-16-8-12-4-3-11(6-15)21-12/h3-4,10,13,16H,2,5,7-8H2,1H3/t10-,13+/m1/s1. The molecule has 0 aromatic carbocycles. The second-order valence-corrected chi connectivity index (χ2v) is 6.18. The maximum Gasteiger partial charge on any atom is 0.255 e. The summed E-state index contributed by atoms with van der Waals surface area (Å²) in [6.07, 6.45) is 1.97. The molecule has 2 aromatic heterocycles. The molecule has 0 radical (unpaired) electrons. The van der Waals surface area contributed by atoms with Crippen LogP contribution in [0.5, 0.6) is 0 Å². The first-order valence-corrected chi connectivity index (χ1v) is 7.71. The number of aromatic nitrogens is 2. The molecule has 1 N–H and O–H groups in total. The zero-order valence-corrected chi connectivity index (χ0v) is 12.5. The van der Waals surface area contributed by atoms with Gasteiger partial charge in [-0.15, -0.1) is 11.3 Å². The molecule has 21 heavy (non-hydrogen) atoms. The van der Waals surface area contributed by atoms with Crippen LogP contribution in [0.1, 0.15) is 40.4 Å². The molecule has 7 heteroatoms. The summed E-state index contributed by atoms with van der Waals surface area (Å²) in [4.78, 5) is 6.12. The number of nitrogens with one attached hydrogen (secondary N) is 1. The van der Waals surface area contributed by atoms with Gasteiger partial charge in [-0.05, 0) is 31.9 Å². The fraction of sp³-hybridized carbons (Fsp3) is 0.500. The van der Waals surface area contributed by atoms with Crippen LogP contribution in [0.4, 0.5) is 0 Å². The zero-order chi connectivity index (χ0) is 14.7. The molecule has 0 bridgehead atoms. The highest BCUT2D eigenvalue weighted by atomic mass is 32.1. The van der Waals surface area contributed by atoms with Crippen LogP contribution in [-0.2, 0) is 11.3 Å². The van der Waals surface area contributed by atoms with Crippen molar-refractivity contribution in [2.75, 3.05) is 6.54 Å². The number of nitriles is 1. The van der Waals surface area contributed by atoms with Crippen molar-refractivity contribution in [1.82, 2.24) is 15.5 Å². The van der Waals surface area contributed by atoms with Gasteiger partial charge in [0.2, 0.25) is 0 Å². The lowest BCUT2D eigenvalue weighted by Crippen LogP contribution is -2.25. The van der Waals surface area contributed by atoms with E-state index in [1.807, 2.05) is 12.1 Å². The zero-order valence-electron chi connectivity index (χ0n) is 11.7. The van der Waals surface area contributed by atoms with Gasteiger partial charge in [0.05, 0.1) is 6.10 Å². The quantitative estimate of drug-likeness (QED) is 0.912. The van der Waals surface area contributed by atoms with E-state index in [0.717, 1.165) is 35.7 Å². The normalized spacial score (nSPS) is 21.5. The summed E-state index contributed by atoms with van der Waals surface area (Å²) in [7, 11) is 0. The van der Waals surface area contributed by atoms with E-state index in [9.17, 15) is 0 Å². The molecule has 2 aromatic rings. The maximum atomic E-state index is 8.79. The summed E-state index contributed by atoms with van der Waals surface area (Å²) >= 11 is 1.52. The van der Waals surface area contributed by atoms with Gasteiger partial charge in [-0.3, -0.25) is 0 Å². The third kappa shape index (κ3) is 3.47. The van der Waals surface area contributed by atoms with Crippen LogP contribution in [0.3, 0.4) is 0 Å². The Balaban J connectivity index is 1.44. The number of hydrogen-bond donors (Lipinski definition) is 1. The van der Waals surface area contributed by atoms with E-state index in [4.69, 9.17) is 14.5 Å². The molecule has 0 amide bonds. The highest BCUT2D eigenvalue weighted by Crippen LogP contribution is 2.31. The van der Waals surface area contributed by atoms with Crippen molar-refractivity contribution < 1.29 is 9.26 Å². The average Bonchev–Trinajstić information content (AvgIpc) is 3.19. The Hall–Kier alpha value is -1.75. The molecule has 1 fully saturated rings. The van der Waals surface area contributed by atoms with Gasteiger partial charge in [-0.25, -0.2) is 0 Å². The Morgan fingerprint density at radius 3 is 3.10 bits per heavy atom. The Morgan fingerprint density at radius 2 is 2.38 bits per heavy atom. The van der Waals surface area contributed by atoms with Gasteiger partial charge in [0, 0.05) is 18.0 Å². The number of hydrogen-bond acceptors (Lipinski definition) is 7. The van der Waals surface area contributed by atoms with E-state index in [1.54, 1.807) is 6.92 Å². The highest BCUT2D eigenvalue weighted by Gasteiger charge is 2.30. The van der Waals surface area contributed by atoms with Gasteiger partial charge >= 0.3 is 0 Å². The van der Waals surface area contributed by atoms with E-state index in [-0.39, 0.29) is 12.2 Å². The van der Waals surface area contributed by atoms with Crippen molar-refractivity contribution in [3.05, 3.63) is 33.6 Å². The van der Waals surface area contributed by atoms with Crippen LogP contribution >= 0.6 is 11.3 Å². The van der Waals surface area contributed by atoms with Gasteiger partial charge in [0.25, 0.3) is 5.89 Å². The molecule has 1 saturated heterocycles. The van der Waals surface area contributed by atoms with Crippen molar-refractivity contribution in [1.29, 1.82) is 5.26 Å². The van der Waals surface area contributed by atoms with Gasteiger partial charge in [-0.1, -0.05) is 5.16 Å². The molecular formula is C14H16N4O2S. The van der Waals surface area contributed by atoms with Crippen LogP contribution in [0.2, 0.25) is 0 Å². The third-order valence-corrected chi connectivity index (χ3v) is 4.36. The summed E-state index contributed by atoms with van der Waals surface area (Å²) in [5.74, 6) is 1.22. The van der Waals surface area contributed by atoms with Gasteiger partial charge < -0.3 is 14.6 Å². The second kappa shape index (κ2) is 6.35. The van der Waals surface area contributed by atoms with Crippen LogP contribution in [-0.4, -0.2) is 22.8 Å². The van der Waals surface area contributed by atoms with Crippen LogP contribution < -0.4 is 5.32 Å². The van der Waals surface area contributed by atoms with Crippen molar-refractivity contribution in [3.63, 3.8) is 0 Å². The van der Waals surface area contributed by atoms with Gasteiger partial charge in [0.1, 0.15) is 17.1 Å². The molecule has 0 spiro atoms. The molecule has 2 atom stereocenters. The highest BCUT2D eigenvalue weighted by molar-refractivity contribution is 7.12. The lowest BCUT2D eigenvalue weighted by atomic mass is 10.2. The minimum Gasteiger partial charge on any atom is -0.364 e. The first kappa shape index (κ1) is 14.2. The van der Waals surface area contributed by atoms with E-state index in [2.05, 4.69) is 21.5 Å². The van der Waals surface area contributed by atoms with Crippen molar-refractivity contribution in [2.45, 2.75) is 38.5 Å². The molecule has 1 aliphatic rings. The summed E-state index contributed by atoms with van der Waals surface area (Å²) in [5, 5.41) is 15.9. The van der Waals surface area contributed by atoms with Crippen molar-refractivity contribution >= 4 is 11.3 Å². The maximum absolute atomic E-state index is 8.79. The Labute approximate surface area is 126 Å². The minimum absolute atomic E-state index is 0.0788. The predicted molar refractivity (Wildman–Crippen MR) is 76.6 cm³/mol. The molecule has 3 rings (SSSR count). The van der Waals surface area contributed by atoms with Crippen LogP contribution in [0.15, 0.2) is 16.7 Å². The molecule has 3 heterocycles. The molecule has 110 valence electrons. The number of thiophene rings is 1. The number of ether oxygens (including phenoxy) is 1. The number of rotatable bonds is 5. The molecule has 1 aliphatic heterocycles. The third-order valence-electron chi connectivity index (χ3n) is 3.37. The van der Waals surface area contributed by atoms with E-state index in [0.29, 0.717) is 11.7 Å². The van der Waals surface area contributed by atoms with E-state index < -0.39 is 0 Å². The van der Waals surface area contributed by atoms with E-state index >= 15 is 0 Å². The lowest BCUT2D eigenvalue weighted by Gasteiger charge is -2.11. The van der Waals surface area contributed by atoms with Gasteiger partial charge in [0.15, 0.2) is 5.82 Å². The number of nitrogens with zero attached hydrogens (tertiary/aromatic N) is 3. The smallest absolute Gasteiger partial charge is 0.255 e. The summed E-state index contributed by atoms with van der Waals surface area (Å²) in [5.41, 5.74) is 0. The van der Waals surface area contributed by atoms with Crippen molar-refractivity contribution in [2.24, 2.45) is 0 Å². The molecule has 6 nitrogen and oxygen atoms in total. The van der Waals surface area contributed by atoms with Gasteiger partial charge in [-0.2, -0.15) is 10.2 Å². The predicted octanol–water partition coefficient (Wildman–Crippen LogP) is 2.32. The summed E-state index contributed by atoms with van der Waals surface area (Å²) < 4.78 is 11.1. The van der Waals surface area contributed by atoms with Crippen molar-refractivity contribution in [3.8, 4) is 6.07 Å². The average molecular weight is 304 g/mol. The Morgan fingerprint density at radius 1 is 1.48 bits per heavy atom. The van der Waals surface area contributed by atoms with Crippen LogP contribution in [0, 0.1) is 18.3 Å². The lowest BCUT2D eigenvalue weighted by molar-refractivity contribution is 0.0264. The fourth-order valence-corrected chi connectivity index (χ4v) is 3.15. The Kier molecular flexibility index (Phi) is 4.29. The summed E-state index contributed by atoms with van der Waals surface area (Å²) in [6.45, 7) is 3.34. The first-order valence-electron chi connectivity index (χ1n) is 6.90.